The molecule has 1 saturated heterocycles. The number of nitrogens with zero attached hydrogens (tertiary/aromatic N) is 2. The van der Waals surface area contributed by atoms with Gasteiger partial charge in [0.05, 0.1) is 6.54 Å². The Morgan fingerprint density at radius 1 is 1.38 bits per heavy atom. The molecule has 1 amide bonds. The van der Waals surface area contributed by atoms with Crippen LogP contribution in [0, 0.1) is 5.92 Å². The SMILES string of the molecule is CC(C)(C)OC(=O)NC(CCN1CC(CCc2ccc3c(n2)NCCC3)CC(F)(F)C1)C(=O)O. The number of alkyl halides is 2. The molecule has 8 nitrogen and oxygen atoms in total. The lowest BCUT2D eigenvalue weighted by molar-refractivity contribution is -0.140. The van der Waals surface area contributed by atoms with Gasteiger partial charge in [-0.2, -0.15) is 0 Å². The van der Waals surface area contributed by atoms with E-state index in [0.717, 1.165) is 30.9 Å². The molecule has 0 aliphatic carbocycles. The number of rotatable bonds is 8. The number of amides is 1. The minimum Gasteiger partial charge on any atom is -0.480 e. The molecule has 1 fully saturated rings. The van der Waals surface area contributed by atoms with E-state index in [-0.39, 0.29) is 25.3 Å². The first kappa shape index (κ1) is 26.1. The van der Waals surface area contributed by atoms with Crippen molar-refractivity contribution in [3.8, 4) is 0 Å². The van der Waals surface area contributed by atoms with Gasteiger partial charge in [-0.3, -0.25) is 4.90 Å². The molecule has 1 aromatic rings. The van der Waals surface area contributed by atoms with Crippen LogP contribution < -0.4 is 10.6 Å². The van der Waals surface area contributed by atoms with Crippen LogP contribution in [0.25, 0.3) is 0 Å². The predicted octanol–water partition coefficient (Wildman–Crippen LogP) is 3.70. The lowest BCUT2D eigenvalue weighted by Gasteiger charge is -2.38. The number of carbonyl (C=O) groups is 2. The van der Waals surface area contributed by atoms with Gasteiger partial charge in [-0.1, -0.05) is 6.07 Å². The summed E-state index contributed by atoms with van der Waals surface area (Å²) in [4.78, 5) is 29.8. The first-order chi connectivity index (χ1) is 15.9. The number of nitrogens with one attached hydrogen (secondary N) is 2. The van der Waals surface area contributed by atoms with E-state index in [1.807, 2.05) is 6.07 Å². The second kappa shape index (κ2) is 10.8. The number of hydrogen-bond donors (Lipinski definition) is 3. The van der Waals surface area contributed by atoms with Crippen LogP contribution in [0.3, 0.4) is 0 Å². The summed E-state index contributed by atoms with van der Waals surface area (Å²) in [6.45, 7) is 6.10. The van der Waals surface area contributed by atoms with E-state index in [2.05, 4.69) is 21.7 Å². The zero-order valence-electron chi connectivity index (χ0n) is 20.2. The fourth-order valence-corrected chi connectivity index (χ4v) is 4.55. The summed E-state index contributed by atoms with van der Waals surface area (Å²) >= 11 is 0. The van der Waals surface area contributed by atoms with Gasteiger partial charge in [-0.25, -0.2) is 23.4 Å². The molecule has 2 aliphatic heterocycles. The van der Waals surface area contributed by atoms with Crippen LogP contribution in [-0.4, -0.2) is 70.8 Å². The highest BCUT2D eigenvalue weighted by Crippen LogP contribution is 2.33. The van der Waals surface area contributed by atoms with Crippen molar-refractivity contribution in [2.45, 2.75) is 76.9 Å². The zero-order chi connectivity index (χ0) is 24.9. The van der Waals surface area contributed by atoms with E-state index >= 15 is 0 Å². The highest BCUT2D eigenvalue weighted by atomic mass is 19.3. The third-order valence-electron chi connectivity index (χ3n) is 6.04. The van der Waals surface area contributed by atoms with Crippen molar-refractivity contribution in [2.24, 2.45) is 5.92 Å². The maximum absolute atomic E-state index is 14.5. The molecule has 34 heavy (non-hydrogen) atoms. The fourth-order valence-electron chi connectivity index (χ4n) is 4.55. The number of aliphatic carboxylic acids is 1. The molecule has 0 radical (unpaired) electrons. The van der Waals surface area contributed by atoms with Crippen LogP contribution in [0.1, 0.15) is 57.7 Å². The van der Waals surface area contributed by atoms with E-state index in [1.54, 1.807) is 25.7 Å². The molecule has 0 saturated carbocycles. The number of anilines is 1. The van der Waals surface area contributed by atoms with Crippen molar-refractivity contribution < 1.29 is 28.2 Å². The molecular weight excluding hydrogens is 446 g/mol. The Morgan fingerprint density at radius 2 is 2.15 bits per heavy atom. The summed E-state index contributed by atoms with van der Waals surface area (Å²) in [5.74, 6) is -3.39. The van der Waals surface area contributed by atoms with Crippen molar-refractivity contribution in [1.82, 2.24) is 15.2 Å². The molecule has 1 aromatic heterocycles. The Bertz CT molecular complexity index is 875. The number of halogens is 2. The Labute approximate surface area is 199 Å². The van der Waals surface area contributed by atoms with Gasteiger partial charge in [-0.15, -0.1) is 0 Å². The van der Waals surface area contributed by atoms with Gasteiger partial charge in [0.2, 0.25) is 0 Å². The minimum atomic E-state index is -2.84. The van der Waals surface area contributed by atoms with Gasteiger partial charge in [0.1, 0.15) is 17.5 Å². The molecule has 190 valence electrons. The van der Waals surface area contributed by atoms with E-state index in [0.29, 0.717) is 19.4 Å². The number of fused-ring (bicyclic) bond motifs is 1. The summed E-state index contributed by atoms with van der Waals surface area (Å²) in [7, 11) is 0. The second-order valence-corrected chi connectivity index (χ2v) is 10.4. The monoisotopic (exact) mass is 482 g/mol. The van der Waals surface area contributed by atoms with Crippen molar-refractivity contribution in [2.75, 3.05) is 31.5 Å². The third-order valence-corrected chi connectivity index (χ3v) is 6.04. The Morgan fingerprint density at radius 3 is 2.85 bits per heavy atom. The van der Waals surface area contributed by atoms with E-state index in [9.17, 15) is 23.5 Å². The molecule has 10 heteroatoms. The van der Waals surface area contributed by atoms with E-state index in [1.165, 1.54) is 5.56 Å². The Balaban J connectivity index is 1.53. The summed E-state index contributed by atoms with van der Waals surface area (Å²) in [5.41, 5.74) is 1.32. The third kappa shape index (κ3) is 8.07. The number of alkyl carbamates (subject to hydrolysis) is 1. The molecule has 3 rings (SSSR count). The summed E-state index contributed by atoms with van der Waals surface area (Å²) < 4.78 is 34.0. The van der Waals surface area contributed by atoms with Crippen LogP contribution in [0.2, 0.25) is 0 Å². The highest BCUT2D eigenvalue weighted by molar-refractivity contribution is 5.80. The lowest BCUT2D eigenvalue weighted by atomic mass is 9.90. The average molecular weight is 483 g/mol. The van der Waals surface area contributed by atoms with Gasteiger partial charge in [0.25, 0.3) is 5.92 Å². The highest BCUT2D eigenvalue weighted by Gasteiger charge is 2.40. The van der Waals surface area contributed by atoms with Crippen LogP contribution in [0.15, 0.2) is 12.1 Å². The minimum absolute atomic E-state index is 0.00935. The van der Waals surface area contributed by atoms with Gasteiger partial charge in [0.15, 0.2) is 0 Å². The first-order valence-corrected chi connectivity index (χ1v) is 12.0. The summed E-state index contributed by atoms with van der Waals surface area (Å²) in [6.07, 6.45) is 2.25. The number of hydrogen-bond acceptors (Lipinski definition) is 6. The molecule has 0 aromatic carbocycles. The number of carboxylic acids is 1. The van der Waals surface area contributed by atoms with Gasteiger partial charge in [0, 0.05) is 31.7 Å². The predicted molar refractivity (Wildman–Crippen MR) is 124 cm³/mol. The van der Waals surface area contributed by atoms with Gasteiger partial charge >= 0.3 is 12.1 Å². The van der Waals surface area contributed by atoms with Crippen molar-refractivity contribution in [3.05, 3.63) is 23.4 Å². The zero-order valence-corrected chi connectivity index (χ0v) is 20.2. The van der Waals surface area contributed by atoms with Gasteiger partial charge < -0.3 is 20.5 Å². The van der Waals surface area contributed by atoms with Crippen LogP contribution in [-0.2, 0) is 22.4 Å². The molecule has 0 bridgehead atoms. The smallest absolute Gasteiger partial charge is 0.408 e. The number of aryl methyl sites for hydroxylation is 2. The topological polar surface area (TPSA) is 104 Å². The number of pyridine rings is 1. The number of carbonyl (C=O) groups excluding carboxylic acids is 1. The van der Waals surface area contributed by atoms with E-state index in [4.69, 9.17) is 4.74 Å². The van der Waals surface area contributed by atoms with Gasteiger partial charge in [-0.05, 0) is 70.4 Å². The molecule has 2 atom stereocenters. The molecule has 3 heterocycles. The molecule has 3 N–H and O–H groups in total. The standard InChI is InChI=1S/C24H36F2N4O4/c1-23(2,3)34-22(33)29-19(21(31)32)10-12-30-14-16(13-24(25,26)15-30)6-8-18-9-7-17-5-4-11-27-20(17)28-18/h7,9,16,19H,4-6,8,10-15H2,1-3H3,(H,27,28)(H,29,33)(H,31,32). The number of ether oxygens (including phenoxy) is 1. The molecule has 2 aliphatic rings. The van der Waals surface area contributed by atoms with Crippen molar-refractivity contribution >= 4 is 17.9 Å². The fraction of sp³-hybridized carbons (Fsp3) is 0.708. The quantitative estimate of drug-likeness (QED) is 0.519. The molecule has 2 unspecified atom stereocenters. The molecule has 0 spiro atoms. The Kier molecular flexibility index (Phi) is 8.33. The van der Waals surface area contributed by atoms with E-state index < -0.39 is 36.2 Å². The number of likely N-dealkylation sites (tertiary alicyclic amines) is 1. The molecular formula is C24H36F2N4O4. The van der Waals surface area contributed by atoms with Crippen molar-refractivity contribution in [3.63, 3.8) is 0 Å². The number of carboxylic acid groups (broad SMARTS) is 1. The normalized spacial score (nSPS) is 21.1. The maximum Gasteiger partial charge on any atom is 0.408 e. The Hall–Kier alpha value is -2.49. The second-order valence-electron chi connectivity index (χ2n) is 10.4. The summed E-state index contributed by atoms with van der Waals surface area (Å²) in [5, 5.41) is 15.1. The van der Waals surface area contributed by atoms with Crippen LogP contribution in [0.4, 0.5) is 19.4 Å². The van der Waals surface area contributed by atoms with Crippen molar-refractivity contribution in [1.29, 1.82) is 0 Å². The maximum atomic E-state index is 14.5. The lowest BCUT2D eigenvalue weighted by Crippen LogP contribution is -2.50. The number of aromatic nitrogens is 1. The van der Waals surface area contributed by atoms with Crippen LogP contribution >= 0.6 is 0 Å². The van der Waals surface area contributed by atoms with Crippen LogP contribution in [0.5, 0.6) is 0 Å². The number of piperidine rings is 1. The average Bonchev–Trinajstić information content (AvgIpc) is 2.72. The summed E-state index contributed by atoms with van der Waals surface area (Å²) in [6, 6.07) is 2.83. The first-order valence-electron chi connectivity index (χ1n) is 12.0. The largest absolute Gasteiger partial charge is 0.480 e.